The Balaban J connectivity index is 3.58. The van der Waals surface area contributed by atoms with Crippen molar-refractivity contribution in [2.75, 3.05) is 0 Å². The van der Waals surface area contributed by atoms with E-state index in [-0.39, 0.29) is 12.2 Å². The minimum absolute atomic E-state index is 0.0694. The van der Waals surface area contributed by atoms with Gasteiger partial charge in [0.2, 0.25) is 5.78 Å². The maximum atomic E-state index is 10.3. The zero-order chi connectivity index (χ0) is 5.86. The number of hydrogen-bond donors (Lipinski definition) is 0. The van der Waals surface area contributed by atoms with Gasteiger partial charge in [-0.2, -0.15) is 0 Å². The molecule has 7 heavy (non-hydrogen) atoms. The Morgan fingerprint density at radius 2 is 2.29 bits per heavy atom. The van der Waals surface area contributed by atoms with Crippen molar-refractivity contribution in [3.63, 3.8) is 0 Å². The molecule has 0 atom stereocenters. The summed E-state index contributed by atoms with van der Waals surface area (Å²) < 4.78 is 0. The Labute approximate surface area is 44.0 Å². The van der Waals surface area contributed by atoms with Crippen molar-refractivity contribution in [2.24, 2.45) is 0 Å². The average Bonchev–Trinajstić information content (AvgIpc) is 1.65. The molecule has 0 aromatic rings. The van der Waals surface area contributed by atoms with Crippen LogP contribution in [-0.2, 0) is 4.79 Å². The van der Waals surface area contributed by atoms with E-state index < -0.39 is 0 Å². The van der Waals surface area contributed by atoms with Gasteiger partial charge in [-0.25, -0.2) is 4.79 Å². The molecule has 0 aromatic heterocycles. The predicted molar refractivity (Wildman–Crippen MR) is 29.5 cm³/mol. The van der Waals surface area contributed by atoms with Crippen molar-refractivity contribution in [3.8, 4) is 0 Å². The average molecular weight is 96.1 g/mol. The second kappa shape index (κ2) is 2.45. The molecule has 0 fully saturated rings. The molecule has 0 aliphatic carbocycles. The lowest BCUT2D eigenvalue weighted by Crippen LogP contribution is -1.93. The van der Waals surface area contributed by atoms with Crippen LogP contribution >= 0.6 is 0 Å². The fourth-order valence-electron chi connectivity index (χ4n) is 0.177. The summed E-state index contributed by atoms with van der Waals surface area (Å²) in [5, 5.41) is 0. The lowest BCUT2D eigenvalue weighted by Gasteiger charge is -1.83. The van der Waals surface area contributed by atoms with Gasteiger partial charge in [0.15, 0.2) is 5.57 Å². The van der Waals surface area contributed by atoms with Crippen molar-refractivity contribution in [1.82, 2.24) is 0 Å². The fourth-order valence-corrected chi connectivity index (χ4v) is 0.177. The van der Waals surface area contributed by atoms with E-state index in [1.54, 1.807) is 0 Å². The van der Waals surface area contributed by atoms with E-state index >= 15 is 0 Å². The highest BCUT2D eigenvalue weighted by Gasteiger charge is 2.00. The van der Waals surface area contributed by atoms with Gasteiger partial charge in [-0.05, 0) is 0 Å². The Morgan fingerprint density at radius 3 is 2.29 bits per heavy atom. The summed E-state index contributed by atoms with van der Waals surface area (Å²) in [5.74, 6) is -0.0694. The molecule has 38 valence electrons. The third-order valence-corrected chi connectivity index (χ3v) is 0.621. The fraction of sp³-hybridized carbons (Fsp3) is 0.167. The van der Waals surface area contributed by atoms with Crippen molar-refractivity contribution >= 4 is 5.78 Å². The zero-order valence-corrected chi connectivity index (χ0v) is 4.24. The van der Waals surface area contributed by atoms with Crippen molar-refractivity contribution in [1.29, 1.82) is 0 Å². The maximum Gasteiger partial charge on any atom is 0.237 e. The Morgan fingerprint density at radius 1 is 1.86 bits per heavy atom. The SMILES string of the molecule is C=C([CH2+])C(=O)C[CH2-]. The summed E-state index contributed by atoms with van der Waals surface area (Å²) in [5.41, 5.74) is 0.343. The second-order valence-electron chi connectivity index (χ2n) is 1.28. The van der Waals surface area contributed by atoms with Gasteiger partial charge in [0.1, 0.15) is 0 Å². The van der Waals surface area contributed by atoms with Gasteiger partial charge in [-0.1, -0.05) is 6.42 Å². The van der Waals surface area contributed by atoms with E-state index in [1.807, 2.05) is 0 Å². The van der Waals surface area contributed by atoms with Gasteiger partial charge < -0.3 is 6.92 Å². The molecule has 0 radical (unpaired) electrons. The van der Waals surface area contributed by atoms with Crippen LogP contribution in [0.25, 0.3) is 0 Å². The number of ketones is 1. The minimum atomic E-state index is -0.0694. The number of hydrogen-bond acceptors (Lipinski definition) is 1. The number of Topliss-reactive ketones (excluding diaryl/α,β-unsaturated/α-hetero) is 1. The van der Waals surface area contributed by atoms with Crippen LogP contribution in [0, 0.1) is 13.8 Å². The third-order valence-electron chi connectivity index (χ3n) is 0.621. The molecule has 0 spiro atoms. The molecule has 1 heteroatoms. The van der Waals surface area contributed by atoms with Gasteiger partial charge >= 0.3 is 0 Å². The smallest absolute Gasteiger partial charge is 0.237 e. The highest BCUT2D eigenvalue weighted by molar-refractivity contribution is 5.95. The monoisotopic (exact) mass is 96.1 g/mol. The van der Waals surface area contributed by atoms with Crippen LogP contribution in [0.2, 0.25) is 0 Å². The summed E-state index contributed by atoms with van der Waals surface area (Å²) in [4.78, 5) is 10.3. The standard InChI is InChI=1S/C6H8O/c1-4-6(7)5(2)3/h1-4H2. The van der Waals surface area contributed by atoms with Crippen molar-refractivity contribution in [2.45, 2.75) is 6.42 Å². The first kappa shape index (κ1) is 6.28. The van der Waals surface area contributed by atoms with Crippen LogP contribution in [0.3, 0.4) is 0 Å². The molecule has 0 N–H and O–H groups in total. The highest BCUT2D eigenvalue weighted by Crippen LogP contribution is 1.90. The summed E-state index contributed by atoms with van der Waals surface area (Å²) in [6.07, 6.45) is 0.266. The second-order valence-corrected chi connectivity index (χ2v) is 1.28. The molecule has 0 amide bonds. The van der Waals surface area contributed by atoms with E-state index in [9.17, 15) is 4.79 Å². The number of carbonyl (C=O) groups excluding carboxylic acids is 1. The number of carbonyl (C=O) groups is 1. The number of rotatable bonds is 2. The molecule has 0 heterocycles. The number of allylic oxidation sites excluding steroid dienone is 1. The quantitative estimate of drug-likeness (QED) is 0.372. The normalized spacial score (nSPS) is 8.14. The van der Waals surface area contributed by atoms with Crippen LogP contribution in [-0.4, -0.2) is 5.78 Å². The van der Waals surface area contributed by atoms with E-state index in [0.717, 1.165) is 0 Å². The summed E-state index contributed by atoms with van der Waals surface area (Å²) >= 11 is 0. The van der Waals surface area contributed by atoms with E-state index in [2.05, 4.69) is 20.4 Å². The summed E-state index contributed by atoms with van der Waals surface area (Å²) in [7, 11) is 0. The summed E-state index contributed by atoms with van der Waals surface area (Å²) in [6, 6.07) is 0. The van der Waals surface area contributed by atoms with E-state index in [4.69, 9.17) is 0 Å². The molecule has 0 saturated carbocycles. The Hall–Kier alpha value is -0.720. The molecule has 1 nitrogen and oxygen atoms in total. The topological polar surface area (TPSA) is 17.1 Å². The lowest BCUT2D eigenvalue weighted by molar-refractivity contribution is -0.114. The van der Waals surface area contributed by atoms with Gasteiger partial charge in [-0.3, -0.25) is 0 Å². The third kappa shape index (κ3) is 2.04. The van der Waals surface area contributed by atoms with Crippen LogP contribution in [0.4, 0.5) is 0 Å². The first-order valence-corrected chi connectivity index (χ1v) is 2.01. The first-order valence-electron chi connectivity index (χ1n) is 2.01. The van der Waals surface area contributed by atoms with Gasteiger partial charge in [0, 0.05) is 13.5 Å². The summed E-state index contributed by atoms with van der Waals surface area (Å²) in [6.45, 7) is 10.0. The molecular formula is C6H8O. The van der Waals surface area contributed by atoms with Crippen LogP contribution in [0.5, 0.6) is 0 Å². The molecule has 0 aliphatic heterocycles. The van der Waals surface area contributed by atoms with Gasteiger partial charge in [0.05, 0.1) is 0 Å². The zero-order valence-electron chi connectivity index (χ0n) is 4.24. The molecule has 0 saturated heterocycles. The Bertz CT molecular complexity index is 92.4. The highest BCUT2D eigenvalue weighted by atomic mass is 16.1. The van der Waals surface area contributed by atoms with Crippen molar-refractivity contribution < 1.29 is 4.79 Å². The molecule has 0 rings (SSSR count). The Kier molecular flexibility index (Phi) is 2.20. The largest absolute Gasteiger partial charge is 0.323 e. The maximum absolute atomic E-state index is 10.3. The molecule has 0 aliphatic rings. The van der Waals surface area contributed by atoms with Gasteiger partial charge in [0.25, 0.3) is 0 Å². The molecular weight excluding hydrogens is 88.1 g/mol. The van der Waals surface area contributed by atoms with Crippen LogP contribution in [0.1, 0.15) is 6.42 Å². The van der Waals surface area contributed by atoms with E-state index in [1.165, 1.54) is 0 Å². The first-order chi connectivity index (χ1) is 3.18. The molecule has 0 unspecified atom stereocenters. The van der Waals surface area contributed by atoms with Crippen LogP contribution < -0.4 is 0 Å². The molecule has 0 aromatic carbocycles. The molecule has 0 bridgehead atoms. The van der Waals surface area contributed by atoms with Crippen molar-refractivity contribution in [3.05, 3.63) is 26.0 Å². The lowest BCUT2D eigenvalue weighted by atomic mass is 10.2. The van der Waals surface area contributed by atoms with Crippen LogP contribution in [0.15, 0.2) is 12.2 Å². The minimum Gasteiger partial charge on any atom is -0.323 e. The predicted octanol–water partition coefficient (Wildman–Crippen LogP) is 1.17. The van der Waals surface area contributed by atoms with Gasteiger partial charge in [-0.15, -0.1) is 0 Å². The van der Waals surface area contributed by atoms with E-state index in [0.29, 0.717) is 5.57 Å².